The van der Waals surface area contributed by atoms with Crippen LogP contribution in [0, 0.1) is 17.6 Å². The number of carbonyl (C=O) groups excluding carboxylic acids is 1. The molecular formula is C22H25F2N2O+. The molecule has 1 amide bonds. The molecule has 5 heteroatoms. The van der Waals surface area contributed by atoms with Crippen molar-refractivity contribution in [2.45, 2.75) is 25.3 Å². The number of piperazine rings is 1. The molecule has 0 unspecified atom stereocenters. The number of hydrogen-bond donors (Lipinski definition) is 1. The van der Waals surface area contributed by atoms with Gasteiger partial charge in [-0.25, -0.2) is 8.78 Å². The van der Waals surface area contributed by atoms with Crippen LogP contribution in [0.3, 0.4) is 0 Å². The Morgan fingerprint density at radius 2 is 1.37 bits per heavy atom. The number of quaternary nitrogens is 1. The Labute approximate surface area is 158 Å². The Morgan fingerprint density at radius 1 is 0.889 bits per heavy atom. The molecule has 2 aromatic rings. The van der Waals surface area contributed by atoms with Gasteiger partial charge in [-0.1, -0.05) is 6.42 Å². The van der Waals surface area contributed by atoms with Crippen molar-refractivity contribution in [1.29, 1.82) is 0 Å². The third kappa shape index (κ3) is 3.88. The molecule has 27 heavy (non-hydrogen) atoms. The summed E-state index contributed by atoms with van der Waals surface area (Å²) in [5.74, 6) is 0.0157. The number of nitrogens with zero attached hydrogens (tertiary/aromatic N) is 1. The summed E-state index contributed by atoms with van der Waals surface area (Å²) in [6.45, 7) is 3.14. The molecule has 1 aliphatic carbocycles. The molecule has 0 atom stereocenters. The minimum absolute atomic E-state index is 0.00662. The second-order valence-corrected chi connectivity index (χ2v) is 7.65. The van der Waals surface area contributed by atoms with Crippen LogP contribution in [0.4, 0.5) is 8.78 Å². The number of amides is 1. The molecule has 1 saturated carbocycles. The summed E-state index contributed by atoms with van der Waals surface area (Å²) in [7, 11) is 0. The smallest absolute Gasteiger partial charge is 0.226 e. The van der Waals surface area contributed by atoms with Crippen molar-refractivity contribution in [2.75, 3.05) is 26.2 Å². The zero-order chi connectivity index (χ0) is 18.8. The van der Waals surface area contributed by atoms with Crippen molar-refractivity contribution < 1.29 is 18.5 Å². The monoisotopic (exact) mass is 371 g/mol. The number of benzene rings is 2. The van der Waals surface area contributed by atoms with E-state index in [0.717, 1.165) is 50.1 Å². The standard InChI is InChI=1S/C22H24F2N2O/c23-19-8-4-16(5-9-19)21(17-6-10-20(24)11-7-17)25-12-14-26(15-13-25)22(27)18-2-1-3-18/h4-11,18,21H,1-3,12-15H2/p+1. The van der Waals surface area contributed by atoms with Gasteiger partial charge in [0.15, 0.2) is 0 Å². The van der Waals surface area contributed by atoms with Gasteiger partial charge in [0.05, 0.1) is 26.2 Å². The molecule has 4 rings (SSSR count). The van der Waals surface area contributed by atoms with Gasteiger partial charge in [0.25, 0.3) is 0 Å². The highest BCUT2D eigenvalue weighted by Gasteiger charge is 2.35. The van der Waals surface area contributed by atoms with Gasteiger partial charge in [-0.05, 0) is 61.4 Å². The first-order valence-corrected chi connectivity index (χ1v) is 9.76. The molecule has 142 valence electrons. The van der Waals surface area contributed by atoms with Crippen LogP contribution in [0.15, 0.2) is 48.5 Å². The van der Waals surface area contributed by atoms with Crippen molar-refractivity contribution in [1.82, 2.24) is 4.90 Å². The van der Waals surface area contributed by atoms with E-state index in [1.165, 1.54) is 35.6 Å². The zero-order valence-corrected chi connectivity index (χ0v) is 15.3. The lowest BCUT2D eigenvalue weighted by atomic mass is 9.84. The zero-order valence-electron chi connectivity index (χ0n) is 15.3. The normalized spacial score (nSPS) is 18.6. The Hall–Kier alpha value is -2.27. The molecule has 0 bridgehead atoms. The molecule has 2 fully saturated rings. The molecular weight excluding hydrogens is 346 g/mol. The molecule has 1 heterocycles. The summed E-state index contributed by atoms with van der Waals surface area (Å²) in [5.41, 5.74) is 2.02. The molecule has 2 aliphatic rings. The van der Waals surface area contributed by atoms with Crippen LogP contribution in [-0.2, 0) is 4.79 Å². The van der Waals surface area contributed by atoms with Gasteiger partial charge < -0.3 is 9.80 Å². The van der Waals surface area contributed by atoms with Gasteiger partial charge in [-0.2, -0.15) is 0 Å². The van der Waals surface area contributed by atoms with Crippen LogP contribution in [0.1, 0.15) is 36.4 Å². The Balaban J connectivity index is 1.53. The maximum absolute atomic E-state index is 13.4. The van der Waals surface area contributed by atoms with E-state index in [4.69, 9.17) is 0 Å². The maximum Gasteiger partial charge on any atom is 0.226 e. The molecule has 3 nitrogen and oxygen atoms in total. The van der Waals surface area contributed by atoms with Gasteiger partial charge in [0.2, 0.25) is 5.91 Å². The van der Waals surface area contributed by atoms with E-state index in [9.17, 15) is 13.6 Å². The number of carbonyl (C=O) groups is 1. The Kier molecular flexibility index (Phi) is 5.21. The van der Waals surface area contributed by atoms with E-state index in [-0.39, 0.29) is 23.6 Å². The average molecular weight is 371 g/mol. The first-order valence-electron chi connectivity index (χ1n) is 9.76. The topological polar surface area (TPSA) is 24.8 Å². The van der Waals surface area contributed by atoms with Crippen LogP contribution in [-0.4, -0.2) is 37.0 Å². The molecule has 0 spiro atoms. The molecule has 2 aromatic carbocycles. The fourth-order valence-electron chi connectivity index (χ4n) is 4.19. The minimum Gasteiger partial charge on any atom is -0.331 e. The van der Waals surface area contributed by atoms with Gasteiger partial charge >= 0.3 is 0 Å². The lowest BCUT2D eigenvalue weighted by molar-refractivity contribution is -0.929. The van der Waals surface area contributed by atoms with E-state index in [2.05, 4.69) is 0 Å². The third-order valence-electron chi connectivity index (χ3n) is 5.99. The van der Waals surface area contributed by atoms with Crippen molar-refractivity contribution in [2.24, 2.45) is 5.92 Å². The van der Waals surface area contributed by atoms with Gasteiger partial charge in [0.1, 0.15) is 17.7 Å². The first-order chi connectivity index (χ1) is 13.1. The summed E-state index contributed by atoms with van der Waals surface area (Å²) < 4.78 is 26.8. The Morgan fingerprint density at radius 3 is 1.78 bits per heavy atom. The molecule has 0 radical (unpaired) electrons. The lowest BCUT2D eigenvalue weighted by Crippen LogP contribution is -3.15. The summed E-state index contributed by atoms with van der Waals surface area (Å²) in [6, 6.07) is 13.1. The second-order valence-electron chi connectivity index (χ2n) is 7.65. The summed E-state index contributed by atoms with van der Waals surface area (Å²) in [5, 5.41) is 0. The van der Waals surface area contributed by atoms with Crippen LogP contribution >= 0.6 is 0 Å². The van der Waals surface area contributed by atoms with Crippen molar-refractivity contribution >= 4 is 5.91 Å². The number of hydrogen-bond acceptors (Lipinski definition) is 1. The Bertz CT molecular complexity index is 733. The highest BCUT2D eigenvalue weighted by Crippen LogP contribution is 2.28. The van der Waals surface area contributed by atoms with Crippen molar-refractivity contribution in [3.05, 3.63) is 71.3 Å². The lowest BCUT2D eigenvalue weighted by Gasteiger charge is -2.39. The molecule has 0 aromatic heterocycles. The molecule has 1 N–H and O–H groups in total. The van der Waals surface area contributed by atoms with Crippen LogP contribution in [0.2, 0.25) is 0 Å². The van der Waals surface area contributed by atoms with E-state index < -0.39 is 0 Å². The molecule has 1 aliphatic heterocycles. The predicted molar refractivity (Wildman–Crippen MR) is 99.3 cm³/mol. The van der Waals surface area contributed by atoms with Crippen molar-refractivity contribution in [3.63, 3.8) is 0 Å². The number of nitrogens with one attached hydrogen (secondary N) is 1. The number of halogens is 2. The summed E-state index contributed by atoms with van der Waals surface area (Å²) in [4.78, 5) is 15.8. The first kappa shape index (κ1) is 18.1. The molecule has 1 saturated heterocycles. The van der Waals surface area contributed by atoms with Gasteiger partial charge in [-0.3, -0.25) is 4.79 Å². The van der Waals surface area contributed by atoms with E-state index >= 15 is 0 Å². The van der Waals surface area contributed by atoms with Crippen molar-refractivity contribution in [3.8, 4) is 0 Å². The van der Waals surface area contributed by atoms with Crippen LogP contribution in [0.25, 0.3) is 0 Å². The van der Waals surface area contributed by atoms with Gasteiger partial charge in [-0.15, -0.1) is 0 Å². The summed E-state index contributed by atoms with van der Waals surface area (Å²) >= 11 is 0. The van der Waals surface area contributed by atoms with Crippen LogP contribution < -0.4 is 4.90 Å². The highest BCUT2D eigenvalue weighted by molar-refractivity contribution is 5.79. The number of rotatable bonds is 4. The third-order valence-corrected chi connectivity index (χ3v) is 5.99. The fourth-order valence-corrected chi connectivity index (χ4v) is 4.19. The predicted octanol–water partition coefficient (Wildman–Crippen LogP) is 2.58. The maximum atomic E-state index is 13.4. The fraction of sp³-hybridized carbons (Fsp3) is 0.409. The quantitative estimate of drug-likeness (QED) is 0.878. The van der Waals surface area contributed by atoms with E-state index in [1.54, 1.807) is 0 Å². The average Bonchev–Trinajstić information content (AvgIpc) is 2.64. The highest BCUT2D eigenvalue weighted by atomic mass is 19.1. The van der Waals surface area contributed by atoms with Gasteiger partial charge in [0, 0.05) is 17.0 Å². The SMILES string of the molecule is O=C(C1CCC1)N1CC[NH+](C(c2ccc(F)cc2)c2ccc(F)cc2)CC1. The minimum atomic E-state index is -0.262. The van der Waals surface area contributed by atoms with E-state index in [1.807, 2.05) is 29.2 Å². The second kappa shape index (κ2) is 7.77. The van der Waals surface area contributed by atoms with Crippen LogP contribution in [0.5, 0.6) is 0 Å². The van der Waals surface area contributed by atoms with E-state index in [0.29, 0.717) is 5.91 Å². The largest absolute Gasteiger partial charge is 0.331 e. The summed E-state index contributed by atoms with van der Waals surface area (Å²) in [6.07, 6.45) is 3.22.